The van der Waals surface area contributed by atoms with E-state index in [2.05, 4.69) is 20.3 Å². The molecule has 1 atom stereocenters. The summed E-state index contributed by atoms with van der Waals surface area (Å²) in [6.45, 7) is 3.67. The van der Waals surface area contributed by atoms with Gasteiger partial charge in [0, 0.05) is 6.20 Å². The van der Waals surface area contributed by atoms with E-state index in [0.717, 1.165) is 5.56 Å². The number of anilines is 3. The quantitative estimate of drug-likeness (QED) is 0.427. The Morgan fingerprint density at radius 2 is 2.06 bits per heavy atom. The Hall–Kier alpha value is -4.23. The van der Waals surface area contributed by atoms with Gasteiger partial charge in [0.25, 0.3) is 5.56 Å². The Balaban J connectivity index is 1.95. The third kappa shape index (κ3) is 3.66. The first-order valence-corrected chi connectivity index (χ1v) is 9.96. The second kappa shape index (κ2) is 8.13. The van der Waals surface area contributed by atoms with Crippen molar-refractivity contribution in [2.75, 3.05) is 16.8 Å². The van der Waals surface area contributed by atoms with Crippen LogP contribution in [0.2, 0.25) is 5.02 Å². The molecule has 4 rings (SSSR count). The average molecular weight is 449 g/mol. The lowest BCUT2D eigenvalue weighted by Gasteiger charge is -2.19. The van der Waals surface area contributed by atoms with Crippen molar-refractivity contribution in [2.24, 2.45) is 0 Å². The Labute approximate surface area is 187 Å². The van der Waals surface area contributed by atoms with Gasteiger partial charge >= 0.3 is 5.95 Å². The fraction of sp³-hybridized carbons (Fsp3) is 0.143. The minimum absolute atomic E-state index is 0.0167. The third-order valence-electron chi connectivity index (χ3n) is 4.85. The van der Waals surface area contributed by atoms with Gasteiger partial charge in [-0.1, -0.05) is 22.7 Å². The van der Waals surface area contributed by atoms with Crippen LogP contribution in [0.5, 0.6) is 0 Å². The highest BCUT2D eigenvalue weighted by Crippen LogP contribution is 2.25. The molecular formula is C21H19ClN9O+. The van der Waals surface area contributed by atoms with Gasteiger partial charge < -0.3 is 16.8 Å². The molecule has 3 aromatic heterocycles. The topological polar surface area (TPSA) is 163 Å². The second-order valence-corrected chi connectivity index (χ2v) is 7.61. The molecule has 6 N–H and O–H groups in total. The number of aromatic amines is 1. The number of nitrogens with one attached hydrogen (secondary N) is 2. The molecule has 11 heteroatoms. The van der Waals surface area contributed by atoms with E-state index in [1.165, 1.54) is 4.57 Å². The number of nitrogens with zero attached hydrogens (tertiary/aromatic N) is 5. The van der Waals surface area contributed by atoms with Crippen molar-refractivity contribution >= 4 is 40.1 Å². The van der Waals surface area contributed by atoms with Crippen LogP contribution in [0.25, 0.3) is 16.6 Å². The van der Waals surface area contributed by atoms with Crippen molar-refractivity contribution < 1.29 is 4.98 Å². The van der Waals surface area contributed by atoms with E-state index in [1.807, 2.05) is 19.1 Å². The SMILES string of the molecule is Cc1cncc(-n2c(C(C)Nc3[nH+]c(N)nc(N)c3C#N)nc3cccc(Cl)c3c2=O)c1. The Kier molecular flexibility index (Phi) is 5.34. The van der Waals surface area contributed by atoms with Gasteiger partial charge in [0.15, 0.2) is 5.56 Å². The molecule has 0 aliphatic carbocycles. The van der Waals surface area contributed by atoms with Gasteiger partial charge in [0.05, 0.1) is 27.8 Å². The number of rotatable bonds is 4. The van der Waals surface area contributed by atoms with E-state index in [4.69, 9.17) is 28.1 Å². The lowest BCUT2D eigenvalue weighted by Crippen LogP contribution is -2.30. The number of hydrogen-bond acceptors (Lipinski definition) is 8. The number of benzene rings is 1. The highest BCUT2D eigenvalue weighted by Gasteiger charge is 2.24. The van der Waals surface area contributed by atoms with E-state index >= 15 is 0 Å². The van der Waals surface area contributed by atoms with Crippen LogP contribution in [0.4, 0.5) is 17.6 Å². The molecule has 10 nitrogen and oxygen atoms in total. The van der Waals surface area contributed by atoms with Crippen LogP contribution in [0.1, 0.15) is 29.9 Å². The Bertz CT molecular complexity index is 1460. The summed E-state index contributed by atoms with van der Waals surface area (Å²) in [4.78, 5) is 29.1. The first kappa shape index (κ1) is 21.0. The van der Waals surface area contributed by atoms with E-state index in [1.54, 1.807) is 37.5 Å². The van der Waals surface area contributed by atoms with Crippen LogP contribution in [0.15, 0.2) is 41.5 Å². The number of pyridine rings is 1. The lowest BCUT2D eigenvalue weighted by atomic mass is 10.2. The number of aromatic nitrogens is 5. The minimum atomic E-state index is -0.559. The van der Waals surface area contributed by atoms with Crippen molar-refractivity contribution in [1.29, 1.82) is 5.26 Å². The molecule has 160 valence electrons. The standard InChI is InChI=1S/C21H18ClN9O/c1-10-6-12(9-26-8-10)31-19(28-15-5-3-4-14(22)16(15)20(31)32)11(2)27-18-13(7-23)17(24)29-21(25)30-18/h3-6,8-9,11H,1-2H3,(H5,24,25,27,29,30)/p+1. The van der Waals surface area contributed by atoms with Crippen LogP contribution in [-0.2, 0) is 0 Å². The molecule has 1 aromatic carbocycles. The van der Waals surface area contributed by atoms with E-state index < -0.39 is 6.04 Å². The zero-order valence-electron chi connectivity index (χ0n) is 17.2. The van der Waals surface area contributed by atoms with Gasteiger partial charge in [-0.15, -0.1) is 0 Å². The molecule has 0 spiro atoms. The average Bonchev–Trinajstić information content (AvgIpc) is 2.73. The van der Waals surface area contributed by atoms with E-state index in [9.17, 15) is 10.1 Å². The van der Waals surface area contributed by atoms with Crippen LogP contribution in [0, 0.1) is 18.3 Å². The zero-order valence-corrected chi connectivity index (χ0v) is 18.0. The summed E-state index contributed by atoms with van der Waals surface area (Å²) in [5.41, 5.74) is 13.2. The van der Waals surface area contributed by atoms with Crippen molar-refractivity contribution in [3.8, 4) is 11.8 Å². The Morgan fingerprint density at radius 1 is 1.28 bits per heavy atom. The maximum atomic E-state index is 13.5. The van der Waals surface area contributed by atoms with Crippen LogP contribution in [0.3, 0.4) is 0 Å². The molecule has 0 fully saturated rings. The van der Waals surface area contributed by atoms with Crippen LogP contribution < -0.4 is 27.3 Å². The number of hydrogen-bond donors (Lipinski definition) is 3. The number of nitrogens with two attached hydrogens (primary N) is 2. The van der Waals surface area contributed by atoms with E-state index in [-0.39, 0.29) is 28.7 Å². The first-order valence-electron chi connectivity index (χ1n) is 9.58. The van der Waals surface area contributed by atoms with Gasteiger partial charge in [-0.3, -0.25) is 14.3 Å². The summed E-state index contributed by atoms with van der Waals surface area (Å²) < 4.78 is 1.45. The Morgan fingerprint density at radius 3 is 2.78 bits per heavy atom. The maximum absolute atomic E-state index is 13.5. The summed E-state index contributed by atoms with van der Waals surface area (Å²) in [7, 11) is 0. The molecule has 0 aliphatic rings. The predicted molar refractivity (Wildman–Crippen MR) is 121 cm³/mol. The molecule has 0 saturated carbocycles. The fourth-order valence-electron chi connectivity index (χ4n) is 3.44. The molecule has 3 heterocycles. The highest BCUT2D eigenvalue weighted by atomic mass is 35.5. The molecule has 32 heavy (non-hydrogen) atoms. The summed E-state index contributed by atoms with van der Waals surface area (Å²) >= 11 is 6.33. The number of nitriles is 1. The third-order valence-corrected chi connectivity index (χ3v) is 5.17. The van der Waals surface area contributed by atoms with Crippen LogP contribution in [-0.4, -0.2) is 19.5 Å². The molecule has 1 unspecified atom stereocenters. The van der Waals surface area contributed by atoms with Crippen molar-refractivity contribution in [1.82, 2.24) is 19.5 Å². The van der Waals surface area contributed by atoms with Crippen molar-refractivity contribution in [3.05, 3.63) is 69.0 Å². The van der Waals surface area contributed by atoms with Gasteiger partial charge in [0.2, 0.25) is 11.6 Å². The summed E-state index contributed by atoms with van der Waals surface area (Å²) in [5.74, 6) is 0.662. The summed E-state index contributed by atoms with van der Waals surface area (Å²) in [6.07, 6.45) is 3.26. The molecule has 0 amide bonds. The number of aryl methyl sites for hydroxylation is 1. The molecule has 4 aromatic rings. The highest BCUT2D eigenvalue weighted by molar-refractivity contribution is 6.35. The molecule has 0 aliphatic heterocycles. The normalized spacial score (nSPS) is 11.8. The molecule has 0 bridgehead atoms. The van der Waals surface area contributed by atoms with Gasteiger partial charge in [-0.05, 0) is 37.6 Å². The van der Waals surface area contributed by atoms with Gasteiger partial charge in [0.1, 0.15) is 17.9 Å². The second-order valence-electron chi connectivity index (χ2n) is 7.20. The maximum Gasteiger partial charge on any atom is 0.344 e. The number of H-pyrrole nitrogens is 1. The number of halogens is 1. The van der Waals surface area contributed by atoms with Gasteiger partial charge in [-0.25, -0.2) is 9.97 Å². The predicted octanol–water partition coefficient (Wildman–Crippen LogP) is 2.16. The van der Waals surface area contributed by atoms with Crippen LogP contribution >= 0.6 is 11.6 Å². The smallest absolute Gasteiger partial charge is 0.344 e. The van der Waals surface area contributed by atoms with Crippen molar-refractivity contribution in [2.45, 2.75) is 19.9 Å². The summed E-state index contributed by atoms with van der Waals surface area (Å²) in [6, 6.07) is 8.34. The number of fused-ring (bicyclic) bond motifs is 1. The molecule has 0 radical (unpaired) electrons. The minimum Gasteiger partial charge on any atom is -0.372 e. The van der Waals surface area contributed by atoms with Crippen molar-refractivity contribution in [3.63, 3.8) is 0 Å². The molecular weight excluding hydrogens is 430 g/mol. The number of nitrogen functional groups attached to an aromatic ring is 2. The fourth-order valence-corrected chi connectivity index (χ4v) is 3.69. The lowest BCUT2D eigenvalue weighted by molar-refractivity contribution is -0.347. The first-order chi connectivity index (χ1) is 15.3. The van der Waals surface area contributed by atoms with E-state index in [0.29, 0.717) is 27.4 Å². The summed E-state index contributed by atoms with van der Waals surface area (Å²) in [5, 5.41) is 13.2. The van der Waals surface area contributed by atoms with Gasteiger partial charge in [-0.2, -0.15) is 5.26 Å². The monoisotopic (exact) mass is 448 g/mol. The zero-order chi connectivity index (χ0) is 23.0. The molecule has 0 saturated heterocycles. The largest absolute Gasteiger partial charge is 0.372 e.